The Hall–Kier alpha value is -4.44. The fourth-order valence-electron chi connectivity index (χ4n) is 4.33. The molecule has 0 unspecified atom stereocenters. The summed E-state index contributed by atoms with van der Waals surface area (Å²) < 4.78 is 17.3. The number of anilines is 1. The number of furan rings is 1. The second kappa shape index (κ2) is 9.67. The molecule has 0 amide bonds. The highest BCUT2D eigenvalue weighted by Crippen LogP contribution is 2.46. The van der Waals surface area contributed by atoms with Gasteiger partial charge in [-0.25, -0.2) is 0 Å². The number of aromatic nitrogens is 1. The maximum absolute atomic E-state index is 11.3. The Kier molecular flexibility index (Phi) is 6.26. The van der Waals surface area contributed by atoms with E-state index in [0.717, 1.165) is 11.4 Å². The number of thiocarbonyl (C=S) groups is 1. The second-order valence-electron chi connectivity index (χ2n) is 8.04. The van der Waals surface area contributed by atoms with Crippen LogP contribution in [0.3, 0.4) is 0 Å². The predicted molar refractivity (Wildman–Crippen MR) is 138 cm³/mol. The number of hydrogen-bond acceptors (Lipinski definition) is 7. The van der Waals surface area contributed by atoms with E-state index >= 15 is 0 Å². The van der Waals surface area contributed by atoms with E-state index in [-0.39, 0.29) is 11.7 Å². The first-order valence-corrected chi connectivity index (χ1v) is 11.5. The Labute approximate surface area is 212 Å². The highest BCUT2D eigenvalue weighted by atomic mass is 32.1. The van der Waals surface area contributed by atoms with Crippen molar-refractivity contribution < 1.29 is 18.8 Å². The van der Waals surface area contributed by atoms with E-state index in [2.05, 4.69) is 10.3 Å². The molecule has 10 heteroatoms. The summed E-state index contributed by atoms with van der Waals surface area (Å²) >= 11 is 5.78. The van der Waals surface area contributed by atoms with E-state index in [1.54, 1.807) is 44.7 Å². The van der Waals surface area contributed by atoms with E-state index in [1.807, 2.05) is 41.3 Å². The molecule has 1 saturated heterocycles. The lowest BCUT2D eigenvalue weighted by atomic mass is 10.0. The van der Waals surface area contributed by atoms with Gasteiger partial charge in [0, 0.05) is 30.0 Å². The van der Waals surface area contributed by atoms with E-state index in [4.69, 9.17) is 26.1 Å². The molecule has 9 nitrogen and oxygen atoms in total. The van der Waals surface area contributed by atoms with Crippen LogP contribution in [0.25, 0.3) is 11.3 Å². The van der Waals surface area contributed by atoms with Gasteiger partial charge in [-0.05, 0) is 48.6 Å². The minimum absolute atomic E-state index is 0.00915. The van der Waals surface area contributed by atoms with Crippen LogP contribution in [-0.2, 0) is 0 Å². The molecule has 5 rings (SSSR count). The fraction of sp³-hybridized carbons (Fsp3) is 0.154. The van der Waals surface area contributed by atoms with Gasteiger partial charge < -0.3 is 24.1 Å². The van der Waals surface area contributed by atoms with Gasteiger partial charge in [-0.2, -0.15) is 0 Å². The average molecular weight is 503 g/mol. The molecule has 36 heavy (non-hydrogen) atoms. The first-order chi connectivity index (χ1) is 17.5. The number of rotatable bonds is 7. The zero-order valence-corrected chi connectivity index (χ0v) is 20.3. The number of hydrogen-bond donors (Lipinski definition) is 1. The Balaban J connectivity index is 1.62. The van der Waals surface area contributed by atoms with Crippen LogP contribution in [0.4, 0.5) is 11.4 Å². The number of nitrogens with one attached hydrogen (secondary N) is 1. The van der Waals surface area contributed by atoms with Gasteiger partial charge in [0.1, 0.15) is 29.1 Å². The van der Waals surface area contributed by atoms with Crippen molar-refractivity contribution in [1.29, 1.82) is 0 Å². The van der Waals surface area contributed by atoms with Crippen molar-refractivity contribution in [3.8, 4) is 22.8 Å². The molecule has 0 aliphatic carbocycles. The SMILES string of the molecule is COc1ccc(N2C(=S)N[C@H](c3ccccn3)[C@H]2c2ccc(-c3cccc([N+](=O)[O-])c3)o2)c(OC)c1. The predicted octanol–water partition coefficient (Wildman–Crippen LogP) is 5.44. The van der Waals surface area contributed by atoms with Crippen LogP contribution in [0.15, 0.2) is 83.4 Å². The first kappa shape index (κ1) is 23.3. The van der Waals surface area contributed by atoms with Gasteiger partial charge in [-0.15, -0.1) is 0 Å². The lowest BCUT2D eigenvalue weighted by Crippen LogP contribution is -2.29. The number of ether oxygens (including phenoxy) is 2. The van der Waals surface area contributed by atoms with E-state index in [0.29, 0.717) is 33.7 Å². The molecule has 2 aromatic heterocycles. The van der Waals surface area contributed by atoms with Gasteiger partial charge in [-0.3, -0.25) is 15.1 Å². The summed E-state index contributed by atoms with van der Waals surface area (Å²) in [6.07, 6.45) is 1.73. The summed E-state index contributed by atoms with van der Waals surface area (Å²) in [5, 5.41) is 15.1. The van der Waals surface area contributed by atoms with Gasteiger partial charge in [0.2, 0.25) is 0 Å². The van der Waals surface area contributed by atoms with E-state index < -0.39 is 11.0 Å². The molecule has 4 aromatic rings. The van der Waals surface area contributed by atoms with Crippen molar-refractivity contribution in [2.75, 3.05) is 19.1 Å². The van der Waals surface area contributed by atoms with Crippen molar-refractivity contribution >= 4 is 28.7 Å². The zero-order chi connectivity index (χ0) is 25.2. The van der Waals surface area contributed by atoms with Crippen LogP contribution in [0.1, 0.15) is 23.5 Å². The third-order valence-corrected chi connectivity index (χ3v) is 6.32. The van der Waals surface area contributed by atoms with Crippen LogP contribution in [0.2, 0.25) is 0 Å². The van der Waals surface area contributed by atoms with Gasteiger partial charge in [0.25, 0.3) is 5.69 Å². The maximum atomic E-state index is 11.3. The Morgan fingerprint density at radius 3 is 2.64 bits per heavy atom. The van der Waals surface area contributed by atoms with Crippen LogP contribution in [-0.4, -0.2) is 29.2 Å². The van der Waals surface area contributed by atoms with E-state index in [9.17, 15) is 10.1 Å². The highest BCUT2D eigenvalue weighted by molar-refractivity contribution is 7.80. The summed E-state index contributed by atoms with van der Waals surface area (Å²) in [5.41, 5.74) is 2.11. The smallest absolute Gasteiger partial charge is 0.270 e. The molecule has 2 aromatic carbocycles. The lowest BCUT2D eigenvalue weighted by molar-refractivity contribution is -0.384. The molecular formula is C26H22N4O5S. The van der Waals surface area contributed by atoms with Gasteiger partial charge >= 0.3 is 0 Å². The molecule has 1 fully saturated rings. The number of pyridine rings is 1. The van der Waals surface area contributed by atoms with Crippen LogP contribution in [0.5, 0.6) is 11.5 Å². The van der Waals surface area contributed by atoms with Crippen LogP contribution < -0.4 is 19.7 Å². The fourth-order valence-corrected chi connectivity index (χ4v) is 4.67. The topological polar surface area (TPSA) is 103 Å². The summed E-state index contributed by atoms with van der Waals surface area (Å²) in [6, 6.07) is 20.4. The molecule has 0 radical (unpaired) electrons. The van der Waals surface area contributed by atoms with E-state index in [1.165, 1.54) is 12.1 Å². The van der Waals surface area contributed by atoms with Crippen LogP contribution in [0, 0.1) is 10.1 Å². The summed E-state index contributed by atoms with van der Waals surface area (Å²) in [5.74, 6) is 2.35. The number of methoxy groups -OCH3 is 2. The zero-order valence-electron chi connectivity index (χ0n) is 19.5. The Morgan fingerprint density at radius 1 is 1.06 bits per heavy atom. The standard InChI is InChI=1S/C26H22N4O5S/c1-33-18-9-10-20(23(15-18)34-2)29-25(24(28-26(29)36)19-8-3-4-13-27-19)22-12-11-21(35-22)16-6-5-7-17(14-16)30(31)32/h3-15,24-25H,1-2H3,(H,28,36)/t24-,25-/m1/s1. The molecular weight excluding hydrogens is 480 g/mol. The number of non-ortho nitro benzene ring substituents is 1. The molecule has 2 atom stereocenters. The summed E-state index contributed by atoms with van der Waals surface area (Å²) in [4.78, 5) is 17.3. The van der Waals surface area contributed by atoms with Crippen molar-refractivity contribution in [1.82, 2.24) is 10.3 Å². The minimum Gasteiger partial charge on any atom is -0.497 e. The van der Waals surface area contributed by atoms with Crippen molar-refractivity contribution in [2.45, 2.75) is 12.1 Å². The van der Waals surface area contributed by atoms with Crippen molar-refractivity contribution in [3.63, 3.8) is 0 Å². The number of nitro groups is 1. The molecule has 3 heterocycles. The summed E-state index contributed by atoms with van der Waals surface area (Å²) in [7, 11) is 3.18. The minimum atomic E-state index is -0.429. The number of nitro benzene ring substituents is 1. The number of benzene rings is 2. The largest absolute Gasteiger partial charge is 0.497 e. The lowest BCUT2D eigenvalue weighted by Gasteiger charge is -2.27. The van der Waals surface area contributed by atoms with Gasteiger partial charge in [0.15, 0.2) is 5.11 Å². The third kappa shape index (κ3) is 4.22. The van der Waals surface area contributed by atoms with Crippen molar-refractivity contribution in [2.24, 2.45) is 0 Å². The monoisotopic (exact) mass is 502 g/mol. The Morgan fingerprint density at radius 2 is 1.92 bits per heavy atom. The molecule has 1 aliphatic rings. The third-order valence-electron chi connectivity index (χ3n) is 6.00. The molecule has 0 saturated carbocycles. The maximum Gasteiger partial charge on any atom is 0.270 e. The highest BCUT2D eigenvalue weighted by Gasteiger charge is 2.43. The molecule has 1 N–H and O–H groups in total. The van der Waals surface area contributed by atoms with Crippen LogP contribution >= 0.6 is 12.2 Å². The second-order valence-corrected chi connectivity index (χ2v) is 8.43. The van der Waals surface area contributed by atoms with Crippen molar-refractivity contribution in [3.05, 3.63) is 101 Å². The Bertz CT molecular complexity index is 1420. The van der Waals surface area contributed by atoms with Gasteiger partial charge in [0.05, 0.1) is 36.6 Å². The van der Waals surface area contributed by atoms with Gasteiger partial charge in [-0.1, -0.05) is 18.2 Å². The summed E-state index contributed by atoms with van der Waals surface area (Å²) in [6.45, 7) is 0. The first-order valence-electron chi connectivity index (χ1n) is 11.1. The normalized spacial score (nSPS) is 17.1. The molecule has 0 spiro atoms. The molecule has 1 aliphatic heterocycles. The molecule has 182 valence electrons. The average Bonchev–Trinajstić information content (AvgIpc) is 3.53. The quantitative estimate of drug-likeness (QED) is 0.201. The molecule has 0 bridgehead atoms. The number of nitrogens with zero attached hydrogens (tertiary/aromatic N) is 3.